The fourth-order valence-electron chi connectivity index (χ4n) is 1.74. The third-order valence-corrected chi connectivity index (χ3v) is 2.40. The molecule has 0 amide bonds. The van der Waals surface area contributed by atoms with Gasteiger partial charge in [0.15, 0.2) is 0 Å². The molecule has 0 spiro atoms. The molecule has 0 N–H and O–H groups in total. The molecule has 0 aromatic heterocycles. The van der Waals surface area contributed by atoms with Crippen LogP contribution in [0.4, 0.5) is 0 Å². The number of aryl methyl sites for hydroxylation is 1. The van der Waals surface area contributed by atoms with E-state index in [4.69, 9.17) is 0 Å². The summed E-state index contributed by atoms with van der Waals surface area (Å²) in [5.74, 6) is 0. The Bertz CT molecular complexity index is 344. The van der Waals surface area contributed by atoms with Crippen molar-refractivity contribution in [2.75, 3.05) is 13.7 Å². The predicted octanol–water partition coefficient (Wildman–Crippen LogP) is 2.17. The molecule has 0 saturated carbocycles. The van der Waals surface area contributed by atoms with Crippen LogP contribution < -0.4 is 0 Å². The molecule has 1 aliphatic heterocycles. The van der Waals surface area contributed by atoms with Crippen LogP contribution >= 0.6 is 0 Å². The highest BCUT2D eigenvalue weighted by Crippen LogP contribution is 2.11. The Morgan fingerprint density at radius 1 is 1.29 bits per heavy atom. The minimum absolute atomic E-state index is 0.994. The maximum Gasteiger partial charge on any atom is 0.0894 e. The van der Waals surface area contributed by atoms with E-state index in [2.05, 4.69) is 60.4 Å². The monoisotopic (exact) mass is 188 g/mol. The fourth-order valence-corrected chi connectivity index (χ4v) is 1.74. The molecule has 14 heavy (non-hydrogen) atoms. The highest BCUT2D eigenvalue weighted by molar-refractivity contribution is 5.22. The van der Waals surface area contributed by atoms with Crippen LogP contribution in [0.2, 0.25) is 0 Å². The van der Waals surface area contributed by atoms with E-state index in [1.807, 2.05) is 0 Å². The van der Waals surface area contributed by atoms with Crippen molar-refractivity contribution in [2.45, 2.75) is 13.5 Å². The van der Waals surface area contributed by atoms with Gasteiger partial charge in [-0.25, -0.2) is 0 Å². The van der Waals surface area contributed by atoms with Crippen LogP contribution in [0.25, 0.3) is 0 Å². The van der Waals surface area contributed by atoms with Crippen LogP contribution in [0.3, 0.4) is 0 Å². The molecule has 0 atom stereocenters. The van der Waals surface area contributed by atoms with Crippen molar-refractivity contribution in [2.24, 2.45) is 0 Å². The van der Waals surface area contributed by atoms with E-state index in [-0.39, 0.29) is 0 Å². The van der Waals surface area contributed by atoms with Crippen molar-refractivity contribution >= 4 is 0 Å². The summed E-state index contributed by atoms with van der Waals surface area (Å²) in [6.45, 7) is 4.13. The molecule has 0 radical (unpaired) electrons. The van der Waals surface area contributed by atoms with Gasteiger partial charge in [-0.05, 0) is 12.5 Å². The largest absolute Gasteiger partial charge is 0.362 e. The zero-order chi connectivity index (χ0) is 9.97. The van der Waals surface area contributed by atoms with Gasteiger partial charge in [0.2, 0.25) is 0 Å². The zero-order valence-electron chi connectivity index (χ0n) is 8.77. The molecule has 2 nitrogen and oxygen atoms in total. The second-order valence-electron chi connectivity index (χ2n) is 3.93. The van der Waals surface area contributed by atoms with Gasteiger partial charge in [-0.15, -0.1) is 0 Å². The van der Waals surface area contributed by atoms with Gasteiger partial charge in [0.25, 0.3) is 0 Å². The average Bonchev–Trinajstić information content (AvgIpc) is 2.51. The summed E-state index contributed by atoms with van der Waals surface area (Å²) in [5, 5.41) is 0. The van der Waals surface area contributed by atoms with E-state index < -0.39 is 0 Å². The molecule has 74 valence electrons. The SMILES string of the molecule is Cc1cccc(CN2C=CN(C)C2)c1. The summed E-state index contributed by atoms with van der Waals surface area (Å²) >= 11 is 0. The van der Waals surface area contributed by atoms with Gasteiger partial charge in [0.1, 0.15) is 0 Å². The van der Waals surface area contributed by atoms with Gasteiger partial charge in [-0.1, -0.05) is 29.8 Å². The van der Waals surface area contributed by atoms with E-state index >= 15 is 0 Å². The van der Waals surface area contributed by atoms with Gasteiger partial charge in [0, 0.05) is 26.0 Å². The molecule has 1 aromatic rings. The lowest BCUT2D eigenvalue weighted by atomic mass is 10.1. The Labute approximate surface area is 85.4 Å². The lowest BCUT2D eigenvalue weighted by molar-refractivity contribution is 0.291. The number of rotatable bonds is 2. The van der Waals surface area contributed by atoms with Gasteiger partial charge in [0.05, 0.1) is 6.67 Å². The highest BCUT2D eigenvalue weighted by Gasteiger charge is 2.08. The van der Waals surface area contributed by atoms with E-state index in [0.29, 0.717) is 0 Å². The molecule has 1 heterocycles. The molecule has 0 fully saturated rings. The third kappa shape index (κ3) is 2.08. The smallest absolute Gasteiger partial charge is 0.0894 e. The van der Waals surface area contributed by atoms with Crippen LogP contribution in [0, 0.1) is 6.92 Å². The summed E-state index contributed by atoms with van der Waals surface area (Å²) < 4.78 is 0. The number of nitrogens with zero attached hydrogens (tertiary/aromatic N) is 2. The van der Waals surface area contributed by atoms with Crippen LogP contribution in [0.1, 0.15) is 11.1 Å². The summed E-state index contributed by atoms with van der Waals surface area (Å²) in [5.41, 5.74) is 2.71. The van der Waals surface area contributed by atoms with Crippen LogP contribution in [-0.4, -0.2) is 23.5 Å². The van der Waals surface area contributed by atoms with Gasteiger partial charge >= 0.3 is 0 Å². The summed E-state index contributed by atoms with van der Waals surface area (Å²) in [6.07, 6.45) is 4.25. The Hall–Kier alpha value is -1.44. The summed E-state index contributed by atoms with van der Waals surface area (Å²) in [7, 11) is 2.09. The van der Waals surface area contributed by atoms with Crippen LogP contribution in [0.15, 0.2) is 36.7 Å². The van der Waals surface area contributed by atoms with Crippen LogP contribution in [0.5, 0.6) is 0 Å². The first-order valence-electron chi connectivity index (χ1n) is 4.92. The lowest BCUT2D eigenvalue weighted by Gasteiger charge is -2.18. The second-order valence-corrected chi connectivity index (χ2v) is 3.93. The molecule has 2 rings (SSSR count). The second kappa shape index (κ2) is 3.74. The molecule has 0 saturated heterocycles. The third-order valence-electron chi connectivity index (χ3n) is 2.40. The molecule has 1 aliphatic rings. The first-order chi connectivity index (χ1) is 6.74. The highest BCUT2D eigenvalue weighted by atomic mass is 15.3. The maximum absolute atomic E-state index is 2.30. The molecule has 0 aliphatic carbocycles. The van der Waals surface area contributed by atoms with Crippen molar-refractivity contribution in [3.63, 3.8) is 0 Å². The van der Waals surface area contributed by atoms with E-state index in [1.165, 1.54) is 11.1 Å². The van der Waals surface area contributed by atoms with E-state index in [0.717, 1.165) is 13.2 Å². The Balaban J connectivity index is 2.01. The summed E-state index contributed by atoms with van der Waals surface area (Å²) in [4.78, 5) is 4.48. The molecule has 2 heteroatoms. The fraction of sp³-hybridized carbons (Fsp3) is 0.333. The minimum atomic E-state index is 0.994. The zero-order valence-corrected chi connectivity index (χ0v) is 8.77. The summed E-state index contributed by atoms with van der Waals surface area (Å²) in [6, 6.07) is 8.68. The minimum Gasteiger partial charge on any atom is -0.362 e. The van der Waals surface area contributed by atoms with Crippen molar-refractivity contribution < 1.29 is 0 Å². The normalized spacial score (nSPS) is 15.3. The van der Waals surface area contributed by atoms with Crippen LogP contribution in [-0.2, 0) is 6.54 Å². The molecule has 0 bridgehead atoms. The van der Waals surface area contributed by atoms with Gasteiger partial charge < -0.3 is 9.80 Å². The Morgan fingerprint density at radius 3 is 2.79 bits per heavy atom. The van der Waals surface area contributed by atoms with Crippen molar-refractivity contribution in [1.82, 2.24) is 9.80 Å². The lowest BCUT2D eigenvalue weighted by Crippen LogP contribution is -2.21. The van der Waals surface area contributed by atoms with Gasteiger partial charge in [-0.3, -0.25) is 0 Å². The maximum atomic E-state index is 2.30. The van der Waals surface area contributed by atoms with E-state index in [9.17, 15) is 0 Å². The van der Waals surface area contributed by atoms with Crippen molar-refractivity contribution in [3.05, 3.63) is 47.8 Å². The Kier molecular flexibility index (Phi) is 2.44. The average molecular weight is 188 g/mol. The van der Waals surface area contributed by atoms with Crippen molar-refractivity contribution in [1.29, 1.82) is 0 Å². The molecular weight excluding hydrogens is 172 g/mol. The molecule has 0 unspecified atom stereocenters. The number of hydrogen-bond donors (Lipinski definition) is 0. The van der Waals surface area contributed by atoms with Crippen molar-refractivity contribution in [3.8, 4) is 0 Å². The number of hydrogen-bond acceptors (Lipinski definition) is 2. The number of benzene rings is 1. The topological polar surface area (TPSA) is 6.48 Å². The Morgan fingerprint density at radius 2 is 2.14 bits per heavy atom. The predicted molar refractivity (Wildman–Crippen MR) is 58.5 cm³/mol. The first-order valence-corrected chi connectivity index (χ1v) is 4.92. The quantitative estimate of drug-likeness (QED) is 0.702. The molecular formula is C12H16N2. The first kappa shape index (κ1) is 9.13. The molecule has 1 aromatic carbocycles. The standard InChI is InChI=1S/C12H16N2/c1-11-4-3-5-12(8-11)9-14-7-6-13(2)10-14/h3-8H,9-10H2,1-2H3. The van der Waals surface area contributed by atoms with Gasteiger partial charge in [-0.2, -0.15) is 0 Å². The van der Waals surface area contributed by atoms with E-state index in [1.54, 1.807) is 0 Å².